The molecule has 0 aliphatic heterocycles. The van der Waals surface area contributed by atoms with E-state index in [9.17, 15) is 4.79 Å². The van der Waals surface area contributed by atoms with Gasteiger partial charge in [0.15, 0.2) is 0 Å². The van der Waals surface area contributed by atoms with Crippen LogP contribution in [0.2, 0.25) is 0 Å². The van der Waals surface area contributed by atoms with Crippen molar-refractivity contribution in [1.29, 1.82) is 5.26 Å². The van der Waals surface area contributed by atoms with Crippen LogP contribution in [0.5, 0.6) is 0 Å². The first-order valence-electron chi connectivity index (χ1n) is 5.18. The number of nitrogens with two attached hydrogens (primary N) is 1. The van der Waals surface area contributed by atoms with Crippen LogP contribution in [0.1, 0.15) is 17.5 Å². The fourth-order valence-electron chi connectivity index (χ4n) is 1.20. The summed E-state index contributed by atoms with van der Waals surface area (Å²) in [6.45, 7) is 0. The van der Waals surface area contributed by atoms with Crippen LogP contribution in [-0.4, -0.2) is 22.9 Å². The van der Waals surface area contributed by atoms with Crippen molar-refractivity contribution in [2.45, 2.75) is 18.2 Å². The molecule has 1 aromatic rings. The summed E-state index contributed by atoms with van der Waals surface area (Å²) in [5.41, 5.74) is 7.15. The van der Waals surface area contributed by atoms with Crippen LogP contribution in [0.4, 0.5) is 0 Å². The molecule has 1 rings (SSSR count). The van der Waals surface area contributed by atoms with E-state index in [1.165, 1.54) is 0 Å². The largest absolute Gasteiger partial charge is 0.480 e. The summed E-state index contributed by atoms with van der Waals surface area (Å²) in [4.78, 5) is 10.5. The maximum Gasteiger partial charge on any atom is 0.320 e. The van der Waals surface area contributed by atoms with Crippen molar-refractivity contribution in [3.63, 3.8) is 0 Å². The summed E-state index contributed by atoms with van der Waals surface area (Å²) in [6.07, 6.45) is 0.469. The molecule has 0 aliphatic carbocycles. The molecule has 0 saturated carbocycles. The summed E-state index contributed by atoms with van der Waals surface area (Å²) >= 11 is 1.64. The monoisotopic (exact) mass is 250 g/mol. The molecule has 0 radical (unpaired) electrons. The Morgan fingerprint density at radius 3 is 2.65 bits per heavy atom. The van der Waals surface area contributed by atoms with Gasteiger partial charge in [-0.05, 0) is 29.9 Å². The number of aliphatic carboxylic acids is 1. The lowest BCUT2D eigenvalue weighted by Crippen LogP contribution is -2.30. The molecule has 0 aliphatic rings. The van der Waals surface area contributed by atoms with E-state index in [2.05, 4.69) is 6.07 Å². The van der Waals surface area contributed by atoms with E-state index in [0.29, 0.717) is 17.7 Å². The standard InChI is InChI=1S/C12H14N2O2S/c13-7-9-1-3-10(4-2-9)8-17-6-5-11(14)12(15)16/h1-4,11H,5-6,8,14H2,(H,15,16). The lowest BCUT2D eigenvalue weighted by atomic mass is 10.2. The molecule has 0 heterocycles. The van der Waals surface area contributed by atoms with Crippen LogP contribution < -0.4 is 5.73 Å². The van der Waals surface area contributed by atoms with Crippen molar-refractivity contribution in [1.82, 2.24) is 0 Å². The molecule has 5 heteroatoms. The first kappa shape index (κ1) is 13.6. The van der Waals surface area contributed by atoms with Crippen molar-refractivity contribution < 1.29 is 9.90 Å². The fraction of sp³-hybridized carbons (Fsp3) is 0.333. The molecule has 0 aromatic heterocycles. The molecule has 4 nitrogen and oxygen atoms in total. The molecule has 1 atom stereocenters. The summed E-state index contributed by atoms with van der Waals surface area (Å²) in [6, 6.07) is 8.65. The van der Waals surface area contributed by atoms with Crippen molar-refractivity contribution in [3.05, 3.63) is 35.4 Å². The number of benzene rings is 1. The number of carboxylic acid groups (broad SMARTS) is 1. The van der Waals surface area contributed by atoms with E-state index in [0.717, 1.165) is 11.3 Å². The number of rotatable bonds is 6. The van der Waals surface area contributed by atoms with Gasteiger partial charge in [-0.2, -0.15) is 17.0 Å². The van der Waals surface area contributed by atoms with Gasteiger partial charge >= 0.3 is 5.97 Å². The fourth-order valence-corrected chi connectivity index (χ4v) is 2.19. The molecular formula is C12H14N2O2S. The predicted molar refractivity (Wildman–Crippen MR) is 67.5 cm³/mol. The predicted octanol–water partition coefficient (Wildman–Crippen LogP) is 1.59. The van der Waals surface area contributed by atoms with Crippen molar-refractivity contribution in [2.75, 3.05) is 5.75 Å². The Morgan fingerprint density at radius 1 is 1.47 bits per heavy atom. The Hall–Kier alpha value is -1.51. The molecule has 0 saturated heterocycles. The van der Waals surface area contributed by atoms with Gasteiger partial charge in [0.05, 0.1) is 11.6 Å². The minimum absolute atomic E-state index is 0.469. The van der Waals surface area contributed by atoms with E-state index in [-0.39, 0.29) is 0 Å². The SMILES string of the molecule is N#Cc1ccc(CSCCC(N)C(=O)O)cc1. The second kappa shape index (κ2) is 6.94. The molecule has 0 bridgehead atoms. The third kappa shape index (κ3) is 4.89. The minimum atomic E-state index is -0.955. The molecule has 90 valence electrons. The second-order valence-electron chi connectivity index (χ2n) is 3.59. The highest BCUT2D eigenvalue weighted by Crippen LogP contribution is 2.14. The first-order chi connectivity index (χ1) is 8.13. The van der Waals surface area contributed by atoms with Crippen LogP contribution in [0, 0.1) is 11.3 Å². The van der Waals surface area contributed by atoms with Gasteiger partial charge in [-0.1, -0.05) is 12.1 Å². The lowest BCUT2D eigenvalue weighted by molar-refractivity contribution is -0.138. The van der Waals surface area contributed by atoms with Crippen molar-refractivity contribution >= 4 is 17.7 Å². The van der Waals surface area contributed by atoms with Gasteiger partial charge in [-0.25, -0.2) is 0 Å². The second-order valence-corrected chi connectivity index (χ2v) is 4.70. The van der Waals surface area contributed by atoms with Gasteiger partial charge in [0.1, 0.15) is 6.04 Å². The van der Waals surface area contributed by atoms with Crippen molar-refractivity contribution in [3.8, 4) is 6.07 Å². The average molecular weight is 250 g/mol. The molecule has 1 unspecified atom stereocenters. The van der Waals surface area contributed by atoms with E-state index in [1.54, 1.807) is 23.9 Å². The van der Waals surface area contributed by atoms with Crippen LogP contribution >= 0.6 is 11.8 Å². The highest BCUT2D eigenvalue weighted by molar-refractivity contribution is 7.98. The normalized spacial score (nSPS) is 11.8. The Balaban J connectivity index is 2.27. The number of carbonyl (C=O) groups is 1. The summed E-state index contributed by atoms with van der Waals surface area (Å²) in [7, 11) is 0. The van der Waals surface area contributed by atoms with Crippen LogP contribution in [0.25, 0.3) is 0 Å². The number of thioether (sulfide) groups is 1. The number of carboxylic acids is 1. The zero-order chi connectivity index (χ0) is 12.7. The highest BCUT2D eigenvalue weighted by atomic mass is 32.2. The van der Waals surface area contributed by atoms with E-state index in [4.69, 9.17) is 16.1 Å². The van der Waals surface area contributed by atoms with E-state index < -0.39 is 12.0 Å². The molecule has 0 fully saturated rings. The molecule has 0 spiro atoms. The van der Waals surface area contributed by atoms with Crippen LogP contribution in [0.3, 0.4) is 0 Å². The lowest BCUT2D eigenvalue weighted by Gasteiger charge is -2.05. The third-order valence-corrected chi connectivity index (χ3v) is 3.30. The Kier molecular flexibility index (Phi) is 5.53. The summed E-state index contributed by atoms with van der Waals surface area (Å²) < 4.78 is 0. The molecule has 0 amide bonds. The van der Waals surface area contributed by atoms with Gasteiger partial charge in [0.25, 0.3) is 0 Å². The Morgan fingerprint density at radius 2 is 2.12 bits per heavy atom. The van der Waals surface area contributed by atoms with Gasteiger partial charge in [0, 0.05) is 5.75 Å². The average Bonchev–Trinajstić information content (AvgIpc) is 2.35. The van der Waals surface area contributed by atoms with Gasteiger partial charge in [0.2, 0.25) is 0 Å². The summed E-state index contributed by atoms with van der Waals surface area (Å²) in [5, 5.41) is 17.2. The van der Waals surface area contributed by atoms with E-state index in [1.807, 2.05) is 12.1 Å². The smallest absolute Gasteiger partial charge is 0.320 e. The first-order valence-corrected chi connectivity index (χ1v) is 6.34. The van der Waals surface area contributed by atoms with Crippen LogP contribution in [-0.2, 0) is 10.5 Å². The molecule has 1 aromatic carbocycles. The van der Waals surface area contributed by atoms with E-state index >= 15 is 0 Å². The molecular weight excluding hydrogens is 236 g/mol. The highest BCUT2D eigenvalue weighted by Gasteiger charge is 2.10. The maximum absolute atomic E-state index is 10.5. The quantitative estimate of drug-likeness (QED) is 0.749. The summed E-state index contributed by atoms with van der Waals surface area (Å²) in [5.74, 6) is 0.565. The number of hydrogen-bond acceptors (Lipinski definition) is 4. The van der Waals surface area contributed by atoms with Crippen LogP contribution in [0.15, 0.2) is 24.3 Å². The zero-order valence-electron chi connectivity index (χ0n) is 9.30. The Bertz CT molecular complexity index is 412. The molecule has 3 N–H and O–H groups in total. The minimum Gasteiger partial charge on any atom is -0.480 e. The zero-order valence-corrected chi connectivity index (χ0v) is 10.1. The Labute approximate surface area is 104 Å². The van der Waals surface area contributed by atoms with Gasteiger partial charge in [-0.3, -0.25) is 4.79 Å². The van der Waals surface area contributed by atoms with Crippen molar-refractivity contribution in [2.24, 2.45) is 5.73 Å². The maximum atomic E-state index is 10.5. The number of nitriles is 1. The number of nitrogens with zero attached hydrogens (tertiary/aromatic N) is 1. The van der Waals surface area contributed by atoms with Gasteiger partial charge < -0.3 is 10.8 Å². The third-order valence-electron chi connectivity index (χ3n) is 2.24. The topological polar surface area (TPSA) is 87.1 Å². The van der Waals surface area contributed by atoms with Gasteiger partial charge in [-0.15, -0.1) is 0 Å². The molecule has 17 heavy (non-hydrogen) atoms. The number of hydrogen-bond donors (Lipinski definition) is 2.